The van der Waals surface area contributed by atoms with E-state index in [9.17, 15) is 0 Å². The molecule has 0 heterocycles. The maximum Gasteiger partial charge on any atom is -0.0354 e. The highest BCUT2D eigenvalue weighted by atomic mass is 14.6. The van der Waals surface area contributed by atoms with E-state index in [0.29, 0.717) is 0 Å². The van der Waals surface area contributed by atoms with Gasteiger partial charge < -0.3 is 0 Å². The zero-order chi connectivity index (χ0) is 7.14. The molecular weight excluding hydrogens is 120 g/mol. The second-order valence-electron chi connectivity index (χ2n) is 4.63. The summed E-state index contributed by atoms with van der Waals surface area (Å²) in [4.78, 5) is 0. The van der Waals surface area contributed by atoms with Crippen LogP contribution < -0.4 is 0 Å². The molecule has 0 aromatic heterocycles. The van der Waals surface area contributed by atoms with E-state index in [1.54, 1.807) is 12.8 Å². The highest BCUT2D eigenvalue weighted by molar-refractivity contribution is 5.02. The van der Waals surface area contributed by atoms with Gasteiger partial charge in [0.05, 0.1) is 0 Å². The van der Waals surface area contributed by atoms with Gasteiger partial charge in [-0.2, -0.15) is 0 Å². The second-order valence-corrected chi connectivity index (χ2v) is 4.63. The monoisotopic (exact) mass is 138 g/mol. The predicted octanol–water partition coefficient (Wildman–Crippen LogP) is 3.08. The molecule has 2 aliphatic rings. The Morgan fingerprint density at radius 2 is 2.10 bits per heavy atom. The van der Waals surface area contributed by atoms with E-state index >= 15 is 0 Å². The Kier molecular flexibility index (Phi) is 1.51. The summed E-state index contributed by atoms with van der Waals surface area (Å²) < 4.78 is 0. The Morgan fingerprint density at radius 1 is 1.30 bits per heavy atom. The SMILES string of the molecule is CC(C)CCC1CC2CC12. The van der Waals surface area contributed by atoms with Crippen LogP contribution in [-0.2, 0) is 0 Å². The van der Waals surface area contributed by atoms with E-state index in [-0.39, 0.29) is 0 Å². The molecule has 2 fully saturated rings. The normalized spacial score (nSPS) is 42.9. The molecule has 10 heavy (non-hydrogen) atoms. The van der Waals surface area contributed by atoms with Crippen molar-refractivity contribution in [2.45, 2.75) is 39.5 Å². The van der Waals surface area contributed by atoms with Crippen LogP contribution in [0, 0.1) is 23.7 Å². The molecule has 0 heteroatoms. The number of fused-ring (bicyclic) bond motifs is 1. The third-order valence-corrected chi connectivity index (χ3v) is 3.30. The number of rotatable bonds is 3. The maximum absolute atomic E-state index is 2.34. The van der Waals surface area contributed by atoms with Crippen LogP contribution in [0.2, 0.25) is 0 Å². The molecule has 0 N–H and O–H groups in total. The summed E-state index contributed by atoms with van der Waals surface area (Å²) in [5.41, 5.74) is 0. The largest absolute Gasteiger partial charge is 0.0628 e. The Hall–Kier alpha value is 0. The molecule has 0 aliphatic heterocycles. The van der Waals surface area contributed by atoms with Gasteiger partial charge in [-0.1, -0.05) is 20.3 Å². The molecule has 2 saturated carbocycles. The van der Waals surface area contributed by atoms with Gasteiger partial charge in [0.1, 0.15) is 0 Å². The van der Waals surface area contributed by atoms with Crippen molar-refractivity contribution in [3.8, 4) is 0 Å². The molecule has 0 aromatic rings. The van der Waals surface area contributed by atoms with Crippen LogP contribution in [0.5, 0.6) is 0 Å². The van der Waals surface area contributed by atoms with Crippen molar-refractivity contribution in [3.05, 3.63) is 0 Å². The molecule has 0 nitrogen and oxygen atoms in total. The average Bonchev–Trinajstić information content (AvgIpc) is 2.41. The quantitative estimate of drug-likeness (QED) is 0.562. The molecule has 0 spiro atoms. The molecule has 0 amide bonds. The lowest BCUT2D eigenvalue weighted by Gasteiger charge is -2.25. The van der Waals surface area contributed by atoms with Crippen molar-refractivity contribution in [2.24, 2.45) is 23.7 Å². The first-order valence-corrected chi connectivity index (χ1v) is 4.77. The van der Waals surface area contributed by atoms with E-state index in [2.05, 4.69) is 13.8 Å². The van der Waals surface area contributed by atoms with Crippen molar-refractivity contribution >= 4 is 0 Å². The van der Waals surface area contributed by atoms with Crippen LogP contribution in [0.15, 0.2) is 0 Å². The molecule has 3 unspecified atom stereocenters. The van der Waals surface area contributed by atoms with Gasteiger partial charge in [0.25, 0.3) is 0 Å². The zero-order valence-corrected chi connectivity index (χ0v) is 7.14. The minimum Gasteiger partial charge on any atom is -0.0628 e. The van der Waals surface area contributed by atoms with Crippen molar-refractivity contribution < 1.29 is 0 Å². The summed E-state index contributed by atoms with van der Waals surface area (Å²) in [6.45, 7) is 4.67. The van der Waals surface area contributed by atoms with E-state index in [1.165, 1.54) is 24.7 Å². The molecule has 58 valence electrons. The Balaban J connectivity index is 1.63. The molecule has 0 saturated heterocycles. The second kappa shape index (κ2) is 2.25. The van der Waals surface area contributed by atoms with Crippen LogP contribution in [0.1, 0.15) is 39.5 Å². The average molecular weight is 138 g/mol. The lowest BCUT2D eigenvalue weighted by Crippen LogP contribution is -2.15. The Labute approximate surface area is 64.0 Å². The standard InChI is InChI=1S/C10H18/c1-7(2)3-4-8-5-9-6-10(8)9/h7-10H,3-6H2,1-2H3. The van der Waals surface area contributed by atoms with Gasteiger partial charge in [0.2, 0.25) is 0 Å². The maximum atomic E-state index is 2.34. The summed E-state index contributed by atoms with van der Waals surface area (Å²) in [5, 5.41) is 0. The highest BCUT2D eigenvalue weighted by Crippen LogP contribution is 2.61. The fourth-order valence-electron chi connectivity index (χ4n) is 2.37. The topological polar surface area (TPSA) is 0 Å². The van der Waals surface area contributed by atoms with Gasteiger partial charge in [-0.25, -0.2) is 0 Å². The molecule has 3 atom stereocenters. The van der Waals surface area contributed by atoms with Gasteiger partial charge in [0, 0.05) is 0 Å². The molecule has 2 aliphatic carbocycles. The summed E-state index contributed by atoms with van der Waals surface area (Å²) in [7, 11) is 0. The van der Waals surface area contributed by atoms with Crippen molar-refractivity contribution in [1.29, 1.82) is 0 Å². The van der Waals surface area contributed by atoms with Gasteiger partial charge in [-0.15, -0.1) is 0 Å². The van der Waals surface area contributed by atoms with Crippen LogP contribution in [0.4, 0.5) is 0 Å². The third-order valence-electron chi connectivity index (χ3n) is 3.30. The fourth-order valence-corrected chi connectivity index (χ4v) is 2.37. The summed E-state index contributed by atoms with van der Waals surface area (Å²) in [6.07, 6.45) is 6.16. The van der Waals surface area contributed by atoms with Crippen LogP contribution in [0.3, 0.4) is 0 Å². The molecule has 2 rings (SSSR count). The number of hydrogen-bond acceptors (Lipinski definition) is 0. The minimum absolute atomic E-state index is 0.929. The molecule has 0 bridgehead atoms. The van der Waals surface area contributed by atoms with Crippen molar-refractivity contribution in [3.63, 3.8) is 0 Å². The van der Waals surface area contributed by atoms with Gasteiger partial charge in [-0.3, -0.25) is 0 Å². The zero-order valence-electron chi connectivity index (χ0n) is 7.14. The Bertz CT molecular complexity index is 126. The van der Waals surface area contributed by atoms with E-state index in [0.717, 1.165) is 11.8 Å². The smallest absolute Gasteiger partial charge is 0.0354 e. The van der Waals surface area contributed by atoms with Crippen LogP contribution in [0.25, 0.3) is 0 Å². The lowest BCUT2D eigenvalue weighted by molar-refractivity contribution is 0.254. The predicted molar refractivity (Wildman–Crippen MR) is 43.8 cm³/mol. The van der Waals surface area contributed by atoms with Gasteiger partial charge >= 0.3 is 0 Å². The van der Waals surface area contributed by atoms with E-state index in [4.69, 9.17) is 0 Å². The van der Waals surface area contributed by atoms with Crippen LogP contribution in [-0.4, -0.2) is 0 Å². The lowest BCUT2D eigenvalue weighted by atomic mass is 9.81. The van der Waals surface area contributed by atoms with Crippen LogP contribution >= 0.6 is 0 Å². The summed E-state index contributed by atoms with van der Waals surface area (Å²) in [5.74, 6) is 4.50. The van der Waals surface area contributed by atoms with Gasteiger partial charge in [0.15, 0.2) is 0 Å². The van der Waals surface area contributed by atoms with Crippen molar-refractivity contribution in [1.82, 2.24) is 0 Å². The first kappa shape index (κ1) is 6.69. The molecule has 0 aromatic carbocycles. The molecule has 0 radical (unpaired) electrons. The van der Waals surface area contributed by atoms with Crippen molar-refractivity contribution in [2.75, 3.05) is 0 Å². The number of hydrogen-bond donors (Lipinski definition) is 0. The first-order valence-electron chi connectivity index (χ1n) is 4.77. The van der Waals surface area contributed by atoms with E-state index < -0.39 is 0 Å². The first-order chi connectivity index (χ1) is 4.77. The highest BCUT2D eigenvalue weighted by Gasteiger charge is 2.52. The minimum atomic E-state index is 0.929. The van der Waals surface area contributed by atoms with Gasteiger partial charge in [-0.05, 0) is 42.9 Å². The summed E-state index contributed by atoms with van der Waals surface area (Å²) in [6, 6.07) is 0. The Morgan fingerprint density at radius 3 is 2.50 bits per heavy atom. The third kappa shape index (κ3) is 1.09. The molecular formula is C10H18. The fraction of sp³-hybridized carbons (Fsp3) is 1.00. The summed E-state index contributed by atoms with van der Waals surface area (Å²) >= 11 is 0. The van der Waals surface area contributed by atoms with E-state index in [1.807, 2.05) is 0 Å².